The minimum atomic E-state index is -3.78. The van der Waals surface area contributed by atoms with E-state index in [-0.39, 0.29) is 10.6 Å². The van der Waals surface area contributed by atoms with Crippen LogP contribution >= 0.6 is 0 Å². The van der Waals surface area contributed by atoms with Crippen LogP contribution in [0.5, 0.6) is 0 Å². The van der Waals surface area contributed by atoms with Crippen molar-refractivity contribution < 1.29 is 12.8 Å². The van der Waals surface area contributed by atoms with Crippen molar-refractivity contribution in [2.24, 2.45) is 0 Å². The van der Waals surface area contributed by atoms with Crippen LogP contribution in [-0.2, 0) is 10.0 Å². The number of hydrogen-bond donors (Lipinski definition) is 2. The number of nitrogens with one attached hydrogen (secondary N) is 2. The van der Waals surface area contributed by atoms with Crippen LogP contribution in [0.4, 0.5) is 21.6 Å². The van der Waals surface area contributed by atoms with E-state index < -0.39 is 15.8 Å². The fourth-order valence-corrected chi connectivity index (χ4v) is 3.96. The first-order valence-electron chi connectivity index (χ1n) is 8.80. The predicted molar refractivity (Wildman–Crippen MR) is 109 cm³/mol. The van der Waals surface area contributed by atoms with Crippen molar-refractivity contribution in [1.29, 1.82) is 0 Å². The zero-order chi connectivity index (χ0) is 20.6. The van der Waals surface area contributed by atoms with Gasteiger partial charge in [-0.25, -0.2) is 17.8 Å². The number of sulfonamides is 1. The van der Waals surface area contributed by atoms with Crippen molar-refractivity contribution in [3.63, 3.8) is 0 Å². The standard InChI is InChI=1S/C20H18FN5O2S/c1-13-11-20(26-19(22-13)12-14(2)24-26)23-16-7-9-18(10-8-16)29(27,28)25-17-5-3-15(21)4-6-17/h3-12,23,25H,1-2H3. The van der Waals surface area contributed by atoms with E-state index in [0.717, 1.165) is 22.9 Å². The van der Waals surface area contributed by atoms with E-state index >= 15 is 0 Å². The van der Waals surface area contributed by atoms with Crippen LogP contribution in [0.15, 0.2) is 65.6 Å². The van der Waals surface area contributed by atoms with Gasteiger partial charge in [-0.3, -0.25) is 4.72 Å². The quantitative estimate of drug-likeness (QED) is 0.518. The van der Waals surface area contributed by atoms with Crippen LogP contribution in [0, 0.1) is 19.7 Å². The highest BCUT2D eigenvalue weighted by molar-refractivity contribution is 7.92. The molecule has 0 radical (unpaired) electrons. The summed E-state index contributed by atoms with van der Waals surface area (Å²) in [6.07, 6.45) is 0. The van der Waals surface area contributed by atoms with Crippen molar-refractivity contribution in [3.8, 4) is 0 Å². The van der Waals surface area contributed by atoms with E-state index in [2.05, 4.69) is 20.1 Å². The van der Waals surface area contributed by atoms with E-state index in [1.165, 1.54) is 36.4 Å². The molecular formula is C20H18FN5O2S. The van der Waals surface area contributed by atoms with E-state index in [1.807, 2.05) is 26.0 Å². The molecule has 2 aromatic heterocycles. The fraction of sp³-hybridized carbons (Fsp3) is 0.100. The van der Waals surface area contributed by atoms with E-state index in [9.17, 15) is 12.8 Å². The maximum Gasteiger partial charge on any atom is 0.261 e. The topological polar surface area (TPSA) is 88.4 Å². The van der Waals surface area contributed by atoms with Crippen LogP contribution in [0.2, 0.25) is 0 Å². The van der Waals surface area contributed by atoms with Gasteiger partial charge in [-0.2, -0.15) is 9.61 Å². The average molecular weight is 411 g/mol. The van der Waals surface area contributed by atoms with Gasteiger partial charge in [0.05, 0.1) is 10.6 Å². The molecule has 0 amide bonds. The summed E-state index contributed by atoms with van der Waals surface area (Å²) in [6, 6.07) is 15.2. The molecule has 2 aromatic carbocycles. The summed E-state index contributed by atoms with van der Waals surface area (Å²) in [6.45, 7) is 3.78. The maximum atomic E-state index is 13.0. The zero-order valence-electron chi connectivity index (χ0n) is 15.7. The van der Waals surface area contributed by atoms with Gasteiger partial charge in [0.25, 0.3) is 10.0 Å². The van der Waals surface area contributed by atoms with Gasteiger partial charge in [-0.05, 0) is 62.4 Å². The molecule has 0 bridgehead atoms. The monoisotopic (exact) mass is 411 g/mol. The molecule has 0 saturated carbocycles. The lowest BCUT2D eigenvalue weighted by Gasteiger charge is -2.11. The molecule has 0 aliphatic heterocycles. The van der Waals surface area contributed by atoms with Crippen LogP contribution in [-0.4, -0.2) is 23.0 Å². The van der Waals surface area contributed by atoms with Crippen molar-refractivity contribution in [3.05, 3.63) is 77.9 Å². The smallest absolute Gasteiger partial charge is 0.261 e. The molecule has 4 rings (SSSR count). The minimum Gasteiger partial charge on any atom is -0.340 e. The molecular weight excluding hydrogens is 393 g/mol. The number of nitrogens with zero attached hydrogens (tertiary/aromatic N) is 3. The van der Waals surface area contributed by atoms with E-state index in [1.54, 1.807) is 16.6 Å². The Morgan fingerprint density at radius 3 is 2.24 bits per heavy atom. The highest BCUT2D eigenvalue weighted by Gasteiger charge is 2.14. The van der Waals surface area contributed by atoms with Gasteiger partial charge in [0.15, 0.2) is 5.65 Å². The molecule has 148 valence electrons. The summed E-state index contributed by atoms with van der Waals surface area (Å²) in [4.78, 5) is 4.54. The van der Waals surface area contributed by atoms with Gasteiger partial charge in [0.1, 0.15) is 11.6 Å². The van der Waals surface area contributed by atoms with Crippen LogP contribution in [0.25, 0.3) is 5.65 Å². The Morgan fingerprint density at radius 1 is 0.897 bits per heavy atom. The fourth-order valence-electron chi connectivity index (χ4n) is 2.90. The molecule has 0 fully saturated rings. The first kappa shape index (κ1) is 18.9. The Kier molecular flexibility index (Phi) is 4.67. The number of anilines is 3. The lowest BCUT2D eigenvalue weighted by molar-refractivity contribution is 0.601. The number of aromatic nitrogens is 3. The Morgan fingerprint density at radius 2 is 1.55 bits per heavy atom. The van der Waals surface area contributed by atoms with Crippen LogP contribution in [0.1, 0.15) is 11.4 Å². The summed E-state index contributed by atoms with van der Waals surface area (Å²) in [7, 11) is -3.78. The van der Waals surface area contributed by atoms with Crippen molar-refractivity contribution in [2.75, 3.05) is 10.0 Å². The normalized spacial score (nSPS) is 11.6. The number of fused-ring (bicyclic) bond motifs is 1. The predicted octanol–water partition coefficient (Wildman–Crippen LogP) is 4.03. The molecule has 4 aromatic rings. The highest BCUT2D eigenvalue weighted by Crippen LogP contribution is 2.22. The third kappa shape index (κ3) is 4.04. The molecule has 7 nitrogen and oxygen atoms in total. The van der Waals surface area contributed by atoms with Gasteiger partial charge in [0, 0.05) is 29.2 Å². The maximum absolute atomic E-state index is 13.0. The van der Waals surface area contributed by atoms with Gasteiger partial charge in [-0.1, -0.05) is 0 Å². The number of rotatable bonds is 5. The van der Waals surface area contributed by atoms with Crippen molar-refractivity contribution >= 4 is 32.9 Å². The molecule has 2 N–H and O–H groups in total. The molecule has 0 saturated heterocycles. The number of halogens is 1. The van der Waals surface area contributed by atoms with Crippen LogP contribution in [0.3, 0.4) is 0 Å². The Balaban J connectivity index is 1.57. The molecule has 0 aliphatic rings. The first-order valence-corrected chi connectivity index (χ1v) is 10.3. The van der Waals surface area contributed by atoms with E-state index in [0.29, 0.717) is 5.69 Å². The second kappa shape index (κ2) is 7.17. The van der Waals surface area contributed by atoms with Gasteiger partial charge in [0.2, 0.25) is 0 Å². The van der Waals surface area contributed by atoms with Gasteiger partial charge >= 0.3 is 0 Å². The molecule has 0 atom stereocenters. The lowest BCUT2D eigenvalue weighted by Crippen LogP contribution is -2.13. The van der Waals surface area contributed by atoms with Crippen molar-refractivity contribution in [2.45, 2.75) is 18.7 Å². The lowest BCUT2D eigenvalue weighted by atomic mass is 10.3. The summed E-state index contributed by atoms with van der Waals surface area (Å²) in [5, 5.41) is 7.66. The second-order valence-corrected chi connectivity index (χ2v) is 8.28. The number of benzene rings is 2. The molecule has 0 unspecified atom stereocenters. The number of aryl methyl sites for hydroxylation is 2. The summed E-state index contributed by atoms with van der Waals surface area (Å²) < 4.78 is 42.2. The molecule has 2 heterocycles. The molecule has 0 aliphatic carbocycles. The minimum absolute atomic E-state index is 0.0957. The number of hydrogen-bond acceptors (Lipinski definition) is 5. The van der Waals surface area contributed by atoms with Gasteiger partial charge < -0.3 is 5.32 Å². The first-order chi connectivity index (χ1) is 13.8. The summed E-state index contributed by atoms with van der Waals surface area (Å²) in [5.41, 5.74) is 3.40. The van der Waals surface area contributed by atoms with Gasteiger partial charge in [-0.15, -0.1) is 0 Å². The molecule has 29 heavy (non-hydrogen) atoms. The largest absolute Gasteiger partial charge is 0.340 e. The highest BCUT2D eigenvalue weighted by atomic mass is 32.2. The Labute approximate surface area is 167 Å². The third-order valence-electron chi connectivity index (χ3n) is 4.21. The van der Waals surface area contributed by atoms with Crippen molar-refractivity contribution in [1.82, 2.24) is 14.6 Å². The third-order valence-corrected chi connectivity index (χ3v) is 5.61. The molecule has 0 spiro atoms. The molecule has 9 heteroatoms. The Hall–Kier alpha value is -3.46. The van der Waals surface area contributed by atoms with Crippen LogP contribution < -0.4 is 10.0 Å². The second-order valence-electron chi connectivity index (χ2n) is 6.60. The average Bonchev–Trinajstić information content (AvgIpc) is 3.04. The summed E-state index contributed by atoms with van der Waals surface area (Å²) in [5.74, 6) is 0.289. The SMILES string of the molecule is Cc1cc(Nc2ccc(S(=O)(=O)Nc3ccc(F)cc3)cc2)n2nc(C)cc2n1. The zero-order valence-corrected chi connectivity index (χ0v) is 16.5. The van der Waals surface area contributed by atoms with E-state index in [4.69, 9.17) is 0 Å². The summed E-state index contributed by atoms with van der Waals surface area (Å²) >= 11 is 0. The Bertz CT molecular complexity index is 1280.